The van der Waals surface area contributed by atoms with Crippen LogP contribution in [0.25, 0.3) is 0 Å². The molecule has 20 heavy (non-hydrogen) atoms. The first-order chi connectivity index (χ1) is 9.79. The lowest BCUT2D eigenvalue weighted by molar-refractivity contribution is -0.153. The number of esters is 1. The van der Waals surface area contributed by atoms with Crippen molar-refractivity contribution in [3.8, 4) is 5.75 Å². The van der Waals surface area contributed by atoms with Crippen LogP contribution in [0.15, 0.2) is 24.3 Å². The lowest BCUT2D eigenvalue weighted by Crippen LogP contribution is -2.54. The molecule has 3 unspecified atom stereocenters. The van der Waals surface area contributed by atoms with Crippen molar-refractivity contribution < 1.29 is 19.0 Å². The molecule has 1 aromatic carbocycles. The Morgan fingerprint density at radius 3 is 2.75 bits per heavy atom. The van der Waals surface area contributed by atoms with Gasteiger partial charge in [-0.3, -0.25) is 4.79 Å². The summed E-state index contributed by atoms with van der Waals surface area (Å²) in [5, 5.41) is 0. The molecule has 0 radical (unpaired) electrons. The third kappa shape index (κ3) is 1.67. The normalized spacial score (nSPS) is 35.7. The number of fused-ring (bicyclic) bond motifs is 1. The van der Waals surface area contributed by atoms with Gasteiger partial charge in [0.25, 0.3) is 0 Å². The smallest absolute Gasteiger partial charge is 0.313 e. The number of carbonyl (C=O) groups is 1. The van der Waals surface area contributed by atoms with Crippen LogP contribution in [0.2, 0.25) is 0 Å². The van der Waals surface area contributed by atoms with Gasteiger partial charge in [-0.2, -0.15) is 0 Å². The molecule has 0 spiro atoms. The lowest BCUT2D eigenvalue weighted by Gasteiger charge is -2.37. The maximum Gasteiger partial charge on any atom is 0.313 e. The zero-order valence-electron chi connectivity index (χ0n) is 11.3. The van der Waals surface area contributed by atoms with E-state index in [1.165, 1.54) is 5.56 Å². The second-order valence-electron chi connectivity index (χ2n) is 5.85. The highest BCUT2D eigenvalue weighted by atomic mass is 16.6. The van der Waals surface area contributed by atoms with E-state index in [9.17, 15) is 4.79 Å². The Balaban J connectivity index is 1.74. The molecule has 0 aliphatic carbocycles. The fourth-order valence-corrected chi connectivity index (χ4v) is 3.79. The molecule has 0 saturated carbocycles. The van der Waals surface area contributed by atoms with E-state index in [1.54, 1.807) is 0 Å². The molecule has 4 nitrogen and oxygen atoms in total. The van der Waals surface area contributed by atoms with E-state index in [0.717, 1.165) is 38.0 Å². The van der Waals surface area contributed by atoms with Gasteiger partial charge in [-0.15, -0.1) is 0 Å². The molecule has 0 bridgehead atoms. The van der Waals surface area contributed by atoms with Gasteiger partial charge in [-0.05, 0) is 30.9 Å². The van der Waals surface area contributed by atoms with Gasteiger partial charge in [0, 0.05) is 13.0 Å². The van der Waals surface area contributed by atoms with Crippen molar-refractivity contribution >= 4 is 5.97 Å². The molecule has 3 aliphatic rings. The van der Waals surface area contributed by atoms with Crippen molar-refractivity contribution in [3.63, 3.8) is 0 Å². The van der Waals surface area contributed by atoms with E-state index in [2.05, 4.69) is 6.07 Å². The molecule has 3 atom stereocenters. The molecule has 0 amide bonds. The summed E-state index contributed by atoms with van der Waals surface area (Å²) >= 11 is 0. The van der Waals surface area contributed by atoms with E-state index in [-0.39, 0.29) is 18.0 Å². The maximum absolute atomic E-state index is 12.1. The average Bonchev–Trinajstić information content (AvgIpc) is 3.17. The molecule has 2 fully saturated rings. The minimum absolute atomic E-state index is 0.00875. The average molecular weight is 274 g/mol. The molecule has 4 heteroatoms. The summed E-state index contributed by atoms with van der Waals surface area (Å²) < 4.78 is 17.4. The van der Waals surface area contributed by atoms with Crippen LogP contribution < -0.4 is 4.74 Å². The van der Waals surface area contributed by atoms with Gasteiger partial charge in [-0.25, -0.2) is 0 Å². The summed E-state index contributed by atoms with van der Waals surface area (Å²) in [7, 11) is 0. The monoisotopic (exact) mass is 274 g/mol. The predicted octanol–water partition coefficient (Wildman–Crippen LogP) is 2.10. The van der Waals surface area contributed by atoms with Crippen LogP contribution >= 0.6 is 0 Å². The van der Waals surface area contributed by atoms with Crippen molar-refractivity contribution in [2.45, 2.75) is 37.4 Å². The molecule has 0 N–H and O–H groups in total. The van der Waals surface area contributed by atoms with Crippen LogP contribution in [-0.4, -0.2) is 30.9 Å². The van der Waals surface area contributed by atoms with Crippen molar-refractivity contribution in [2.75, 3.05) is 13.2 Å². The highest BCUT2D eigenvalue weighted by Crippen LogP contribution is 2.47. The van der Waals surface area contributed by atoms with Crippen molar-refractivity contribution in [1.82, 2.24) is 0 Å². The van der Waals surface area contributed by atoms with E-state index in [0.29, 0.717) is 6.61 Å². The Kier molecular flexibility index (Phi) is 2.74. The quantitative estimate of drug-likeness (QED) is 0.775. The Bertz CT molecular complexity index is 508. The Morgan fingerprint density at radius 2 is 2.05 bits per heavy atom. The Labute approximate surface area is 118 Å². The fraction of sp³-hybridized carbons (Fsp3) is 0.562. The van der Waals surface area contributed by atoms with E-state index < -0.39 is 5.60 Å². The van der Waals surface area contributed by atoms with Crippen LogP contribution in [0, 0.1) is 5.92 Å². The summed E-state index contributed by atoms with van der Waals surface area (Å²) in [4.78, 5) is 12.1. The van der Waals surface area contributed by atoms with Gasteiger partial charge in [-0.1, -0.05) is 18.2 Å². The zero-order chi connectivity index (χ0) is 13.6. The van der Waals surface area contributed by atoms with Gasteiger partial charge < -0.3 is 14.2 Å². The molecular weight excluding hydrogens is 256 g/mol. The van der Waals surface area contributed by atoms with Gasteiger partial charge in [0.15, 0.2) is 5.60 Å². The summed E-state index contributed by atoms with van der Waals surface area (Å²) in [6.07, 6.45) is 3.46. The molecule has 0 aromatic heterocycles. The molecule has 3 aliphatic heterocycles. The standard InChI is InChI=1S/C16H18O4/c17-15-12(7-9-19-15)16(14-6-3-8-18-14)10-11-4-1-2-5-13(11)20-16/h1-2,4-5,12,14H,3,6-10H2. The van der Waals surface area contributed by atoms with Gasteiger partial charge in [0.2, 0.25) is 0 Å². The molecular formula is C16H18O4. The lowest BCUT2D eigenvalue weighted by atomic mass is 9.77. The van der Waals surface area contributed by atoms with Crippen LogP contribution in [0.4, 0.5) is 0 Å². The SMILES string of the molecule is O=C1OCCC1C1(C2CCCO2)Cc2ccccc2O1. The fourth-order valence-electron chi connectivity index (χ4n) is 3.79. The molecule has 4 rings (SSSR count). The first kappa shape index (κ1) is 12.2. The Morgan fingerprint density at radius 1 is 1.15 bits per heavy atom. The van der Waals surface area contributed by atoms with Crippen LogP contribution in [0.1, 0.15) is 24.8 Å². The summed E-state index contributed by atoms with van der Waals surface area (Å²) in [6.45, 7) is 1.26. The number of para-hydroxylation sites is 1. The highest BCUT2D eigenvalue weighted by Gasteiger charge is 2.57. The zero-order valence-corrected chi connectivity index (χ0v) is 11.3. The Hall–Kier alpha value is -1.55. The molecule has 1 aromatic rings. The highest BCUT2D eigenvalue weighted by molar-refractivity contribution is 5.76. The number of benzene rings is 1. The molecule has 2 saturated heterocycles. The number of cyclic esters (lactones) is 1. The van der Waals surface area contributed by atoms with E-state index in [1.807, 2.05) is 18.2 Å². The van der Waals surface area contributed by atoms with Crippen LogP contribution in [0.3, 0.4) is 0 Å². The maximum atomic E-state index is 12.1. The minimum Gasteiger partial charge on any atom is -0.483 e. The van der Waals surface area contributed by atoms with E-state index in [4.69, 9.17) is 14.2 Å². The number of rotatable bonds is 2. The molecule has 106 valence electrons. The number of carbonyl (C=O) groups excluding carboxylic acids is 1. The van der Waals surface area contributed by atoms with Crippen LogP contribution in [-0.2, 0) is 20.7 Å². The first-order valence-electron chi connectivity index (χ1n) is 7.35. The van der Waals surface area contributed by atoms with Gasteiger partial charge in [0.1, 0.15) is 11.7 Å². The van der Waals surface area contributed by atoms with Gasteiger partial charge in [0.05, 0.1) is 12.7 Å². The van der Waals surface area contributed by atoms with Crippen molar-refractivity contribution in [3.05, 3.63) is 29.8 Å². The number of hydrogen-bond donors (Lipinski definition) is 0. The summed E-state index contributed by atoms with van der Waals surface area (Å²) in [5.74, 6) is 0.550. The predicted molar refractivity (Wildman–Crippen MR) is 71.5 cm³/mol. The first-order valence-corrected chi connectivity index (χ1v) is 7.35. The van der Waals surface area contributed by atoms with E-state index >= 15 is 0 Å². The largest absolute Gasteiger partial charge is 0.483 e. The minimum atomic E-state index is -0.562. The number of ether oxygens (including phenoxy) is 3. The third-order valence-electron chi connectivity index (χ3n) is 4.74. The second kappa shape index (κ2) is 4.48. The van der Waals surface area contributed by atoms with Crippen molar-refractivity contribution in [2.24, 2.45) is 5.92 Å². The van der Waals surface area contributed by atoms with Crippen molar-refractivity contribution in [1.29, 1.82) is 0 Å². The topological polar surface area (TPSA) is 44.8 Å². The second-order valence-corrected chi connectivity index (χ2v) is 5.85. The third-order valence-corrected chi connectivity index (χ3v) is 4.74. The summed E-state index contributed by atoms with van der Waals surface area (Å²) in [5.41, 5.74) is 0.607. The summed E-state index contributed by atoms with van der Waals surface area (Å²) in [6, 6.07) is 8.04. The molecule has 3 heterocycles. The van der Waals surface area contributed by atoms with Crippen LogP contribution in [0.5, 0.6) is 5.75 Å². The number of hydrogen-bond acceptors (Lipinski definition) is 4. The van der Waals surface area contributed by atoms with Gasteiger partial charge >= 0.3 is 5.97 Å².